The number of hydrogen-bond donors (Lipinski definition) is 0. The van der Waals surface area contributed by atoms with Gasteiger partial charge in [0, 0.05) is 30.6 Å². The van der Waals surface area contributed by atoms with Gasteiger partial charge in [0.05, 0.1) is 18.0 Å². The summed E-state index contributed by atoms with van der Waals surface area (Å²) >= 11 is 5.90. The van der Waals surface area contributed by atoms with Crippen molar-refractivity contribution in [3.63, 3.8) is 0 Å². The Bertz CT molecular complexity index is 1050. The van der Waals surface area contributed by atoms with E-state index in [-0.39, 0.29) is 22.8 Å². The van der Waals surface area contributed by atoms with Crippen LogP contribution in [0.3, 0.4) is 0 Å². The average molecular weight is 491 g/mol. The molecule has 2 heterocycles. The molecule has 2 saturated heterocycles. The minimum atomic E-state index is -3.58. The summed E-state index contributed by atoms with van der Waals surface area (Å²) in [4.78, 5) is 15.9. The molecular formula is C25H31ClN2O4S. The number of benzene rings is 2. The number of ether oxygens (including phenoxy) is 1. The molecule has 1 atom stereocenters. The Labute approximate surface area is 201 Å². The topological polar surface area (TPSA) is 66.9 Å². The SMILES string of the molecule is COc1ccc([C@H]2CCCCCN2C(=O)C2CCN(S(=O)(=O)c3ccc(Cl)cc3)CC2)cc1. The van der Waals surface area contributed by atoms with Crippen LogP contribution in [0.4, 0.5) is 0 Å². The summed E-state index contributed by atoms with van der Waals surface area (Å²) in [6.45, 7) is 1.45. The van der Waals surface area contributed by atoms with Crippen molar-refractivity contribution < 1.29 is 17.9 Å². The van der Waals surface area contributed by atoms with Gasteiger partial charge < -0.3 is 9.64 Å². The van der Waals surface area contributed by atoms with Gasteiger partial charge in [-0.1, -0.05) is 36.6 Å². The Kier molecular flexibility index (Phi) is 7.62. The quantitative estimate of drug-likeness (QED) is 0.598. The molecule has 33 heavy (non-hydrogen) atoms. The summed E-state index contributed by atoms with van der Waals surface area (Å²) in [7, 11) is -1.93. The zero-order valence-electron chi connectivity index (χ0n) is 19.0. The molecule has 0 aliphatic carbocycles. The molecule has 0 unspecified atom stereocenters. The van der Waals surface area contributed by atoms with Crippen LogP contribution in [0.2, 0.25) is 5.02 Å². The molecule has 178 valence electrons. The Morgan fingerprint density at radius 3 is 2.21 bits per heavy atom. The van der Waals surface area contributed by atoms with E-state index in [1.54, 1.807) is 19.2 Å². The first kappa shape index (κ1) is 24.0. The monoisotopic (exact) mass is 490 g/mol. The van der Waals surface area contributed by atoms with Gasteiger partial charge >= 0.3 is 0 Å². The summed E-state index contributed by atoms with van der Waals surface area (Å²) < 4.78 is 32.8. The predicted octanol–water partition coefficient (Wildman–Crippen LogP) is 4.89. The second-order valence-corrected chi connectivity index (χ2v) is 11.2. The molecule has 0 aromatic heterocycles. The fourth-order valence-corrected chi connectivity index (χ4v) is 6.47. The second kappa shape index (κ2) is 10.5. The first-order chi connectivity index (χ1) is 15.9. The van der Waals surface area contributed by atoms with Crippen molar-refractivity contribution in [3.8, 4) is 5.75 Å². The lowest BCUT2D eigenvalue weighted by Crippen LogP contribution is -2.45. The van der Waals surface area contributed by atoms with Crippen molar-refractivity contribution >= 4 is 27.5 Å². The maximum atomic E-state index is 13.6. The number of likely N-dealkylation sites (tertiary alicyclic amines) is 1. The van der Waals surface area contributed by atoms with E-state index in [2.05, 4.69) is 12.1 Å². The second-order valence-electron chi connectivity index (χ2n) is 8.80. The van der Waals surface area contributed by atoms with Crippen molar-refractivity contribution in [1.82, 2.24) is 9.21 Å². The maximum Gasteiger partial charge on any atom is 0.243 e. The van der Waals surface area contributed by atoms with Gasteiger partial charge in [-0.05, 0) is 67.6 Å². The summed E-state index contributed by atoms with van der Waals surface area (Å²) in [5, 5.41) is 0.502. The fourth-order valence-electron chi connectivity index (χ4n) is 4.88. The highest BCUT2D eigenvalue weighted by molar-refractivity contribution is 7.89. The normalized spacial score (nSPS) is 20.9. The molecule has 6 nitrogen and oxygen atoms in total. The molecule has 0 spiro atoms. The molecule has 0 bridgehead atoms. The molecule has 8 heteroatoms. The smallest absolute Gasteiger partial charge is 0.243 e. The van der Waals surface area contributed by atoms with Crippen molar-refractivity contribution in [1.29, 1.82) is 0 Å². The number of piperidine rings is 1. The number of halogens is 1. The first-order valence-electron chi connectivity index (χ1n) is 11.6. The van der Waals surface area contributed by atoms with Gasteiger partial charge in [-0.25, -0.2) is 8.42 Å². The van der Waals surface area contributed by atoms with Gasteiger partial charge in [0.2, 0.25) is 15.9 Å². The van der Waals surface area contributed by atoms with Crippen molar-refractivity contribution in [2.75, 3.05) is 26.7 Å². The summed E-state index contributed by atoms with van der Waals surface area (Å²) in [5.41, 5.74) is 1.13. The highest BCUT2D eigenvalue weighted by atomic mass is 35.5. The minimum absolute atomic E-state index is 0.0572. The standard InChI is InChI=1S/C25H31ClN2O4S/c1-32-22-10-6-19(7-11-22)24-5-3-2-4-16-28(24)25(29)20-14-17-27(18-15-20)33(30,31)23-12-8-21(26)9-13-23/h6-13,20,24H,2-5,14-18H2,1H3/t24-/m1/s1. The summed E-state index contributed by atoms with van der Waals surface area (Å²) in [6, 6.07) is 14.3. The van der Waals surface area contributed by atoms with E-state index in [1.165, 1.54) is 16.4 Å². The minimum Gasteiger partial charge on any atom is -0.497 e. The number of carbonyl (C=O) groups excluding carboxylic acids is 1. The molecular weight excluding hydrogens is 460 g/mol. The van der Waals surface area contributed by atoms with Crippen LogP contribution in [-0.4, -0.2) is 50.3 Å². The first-order valence-corrected chi connectivity index (χ1v) is 13.4. The highest BCUT2D eigenvalue weighted by Crippen LogP contribution is 2.34. The lowest BCUT2D eigenvalue weighted by molar-refractivity contribution is -0.139. The number of carbonyl (C=O) groups is 1. The Morgan fingerprint density at radius 1 is 0.909 bits per heavy atom. The molecule has 1 amide bonds. The molecule has 4 rings (SSSR count). The van der Waals surface area contributed by atoms with Gasteiger partial charge in [0.1, 0.15) is 5.75 Å². The Balaban J connectivity index is 1.45. The van der Waals surface area contributed by atoms with Crippen LogP contribution in [0.15, 0.2) is 53.4 Å². The third-order valence-corrected chi connectivity index (χ3v) is 8.96. The van der Waals surface area contributed by atoms with E-state index in [1.807, 2.05) is 17.0 Å². The predicted molar refractivity (Wildman–Crippen MR) is 129 cm³/mol. The van der Waals surface area contributed by atoms with Crippen LogP contribution in [0.25, 0.3) is 0 Å². The van der Waals surface area contributed by atoms with Crippen molar-refractivity contribution in [2.45, 2.75) is 49.5 Å². The average Bonchev–Trinajstić information content (AvgIpc) is 3.10. The lowest BCUT2D eigenvalue weighted by Gasteiger charge is -2.37. The lowest BCUT2D eigenvalue weighted by atomic mass is 9.94. The number of methoxy groups -OCH3 is 1. The molecule has 2 fully saturated rings. The largest absolute Gasteiger partial charge is 0.497 e. The molecule has 2 aliphatic heterocycles. The summed E-state index contributed by atoms with van der Waals surface area (Å²) in [6.07, 6.45) is 5.24. The number of sulfonamides is 1. The van der Waals surface area contributed by atoms with E-state index in [0.29, 0.717) is 31.0 Å². The molecule has 0 N–H and O–H groups in total. The Hall–Kier alpha value is -2.09. The number of hydrogen-bond acceptors (Lipinski definition) is 4. The van der Waals surface area contributed by atoms with Crippen LogP contribution in [-0.2, 0) is 14.8 Å². The molecule has 2 aromatic carbocycles. The van der Waals surface area contributed by atoms with Crippen molar-refractivity contribution in [2.24, 2.45) is 5.92 Å². The van der Waals surface area contributed by atoms with Gasteiger partial charge in [-0.3, -0.25) is 4.79 Å². The van der Waals surface area contributed by atoms with Crippen LogP contribution >= 0.6 is 11.6 Å². The van der Waals surface area contributed by atoms with Crippen molar-refractivity contribution in [3.05, 3.63) is 59.1 Å². The molecule has 2 aliphatic rings. The van der Waals surface area contributed by atoms with Gasteiger partial charge in [0.25, 0.3) is 0 Å². The van der Waals surface area contributed by atoms with Crippen LogP contribution in [0.5, 0.6) is 5.75 Å². The van der Waals surface area contributed by atoms with E-state index < -0.39 is 10.0 Å². The summed E-state index contributed by atoms with van der Waals surface area (Å²) in [5.74, 6) is 0.807. The van der Waals surface area contributed by atoms with E-state index >= 15 is 0 Å². The van der Waals surface area contributed by atoms with Crippen LogP contribution < -0.4 is 4.74 Å². The third kappa shape index (κ3) is 5.36. The van der Waals surface area contributed by atoms with E-state index in [9.17, 15) is 13.2 Å². The van der Waals surface area contributed by atoms with Crippen LogP contribution in [0, 0.1) is 5.92 Å². The third-order valence-electron chi connectivity index (χ3n) is 6.79. The Morgan fingerprint density at radius 2 is 1.58 bits per heavy atom. The van der Waals surface area contributed by atoms with E-state index in [4.69, 9.17) is 16.3 Å². The molecule has 0 radical (unpaired) electrons. The zero-order valence-corrected chi connectivity index (χ0v) is 20.5. The van der Waals surface area contributed by atoms with Crippen LogP contribution in [0.1, 0.15) is 50.1 Å². The van der Waals surface area contributed by atoms with Gasteiger partial charge in [-0.2, -0.15) is 4.31 Å². The van der Waals surface area contributed by atoms with Gasteiger partial charge in [-0.15, -0.1) is 0 Å². The van der Waals surface area contributed by atoms with Gasteiger partial charge in [0.15, 0.2) is 0 Å². The maximum absolute atomic E-state index is 13.6. The number of amides is 1. The number of rotatable bonds is 5. The number of nitrogens with zero attached hydrogens (tertiary/aromatic N) is 2. The zero-order chi connectivity index (χ0) is 23.4. The van der Waals surface area contributed by atoms with E-state index in [0.717, 1.165) is 43.5 Å². The highest BCUT2D eigenvalue weighted by Gasteiger charge is 2.36. The molecule has 2 aromatic rings. The molecule has 0 saturated carbocycles. The fraction of sp³-hybridized carbons (Fsp3) is 0.480.